The standard InChI is InChI=1S/C13H20O/c1-6-11(4)13(7-2)10-9-12(5)14-8-3/h6-7,9-10H,5,8H2,1-4H3/b10-9-,11-6+,13-7+. The first-order chi connectivity index (χ1) is 6.65. The maximum absolute atomic E-state index is 5.22. The van der Waals surface area contributed by atoms with E-state index in [0.717, 1.165) is 0 Å². The fourth-order valence-corrected chi connectivity index (χ4v) is 1.04. The van der Waals surface area contributed by atoms with Gasteiger partial charge in [-0.2, -0.15) is 0 Å². The quantitative estimate of drug-likeness (QED) is 0.472. The van der Waals surface area contributed by atoms with E-state index >= 15 is 0 Å². The third-order valence-corrected chi connectivity index (χ3v) is 1.98. The van der Waals surface area contributed by atoms with Crippen molar-refractivity contribution in [1.29, 1.82) is 0 Å². The molecular weight excluding hydrogens is 172 g/mol. The van der Waals surface area contributed by atoms with Crippen molar-refractivity contribution in [3.63, 3.8) is 0 Å². The van der Waals surface area contributed by atoms with Gasteiger partial charge in [-0.05, 0) is 44.9 Å². The molecule has 0 aromatic heterocycles. The highest BCUT2D eigenvalue weighted by Crippen LogP contribution is 2.11. The van der Waals surface area contributed by atoms with E-state index in [1.807, 2.05) is 32.9 Å². The van der Waals surface area contributed by atoms with E-state index in [0.29, 0.717) is 12.4 Å². The molecule has 1 heteroatoms. The fourth-order valence-electron chi connectivity index (χ4n) is 1.04. The summed E-state index contributed by atoms with van der Waals surface area (Å²) in [6.07, 6.45) is 8.08. The van der Waals surface area contributed by atoms with Gasteiger partial charge < -0.3 is 4.74 Å². The number of hydrogen-bond acceptors (Lipinski definition) is 1. The molecule has 78 valence electrons. The minimum absolute atomic E-state index is 0.664. The van der Waals surface area contributed by atoms with Crippen LogP contribution in [0.25, 0.3) is 0 Å². The van der Waals surface area contributed by atoms with E-state index in [2.05, 4.69) is 25.7 Å². The zero-order valence-electron chi connectivity index (χ0n) is 9.63. The smallest absolute Gasteiger partial charge is 0.112 e. The van der Waals surface area contributed by atoms with Crippen LogP contribution in [-0.2, 0) is 4.74 Å². The second kappa shape index (κ2) is 7.19. The van der Waals surface area contributed by atoms with E-state index < -0.39 is 0 Å². The van der Waals surface area contributed by atoms with Gasteiger partial charge in [0.2, 0.25) is 0 Å². The first-order valence-corrected chi connectivity index (χ1v) is 4.95. The largest absolute Gasteiger partial charge is 0.495 e. The van der Waals surface area contributed by atoms with Gasteiger partial charge in [-0.15, -0.1) is 0 Å². The number of hydrogen-bond donors (Lipinski definition) is 0. The summed E-state index contributed by atoms with van der Waals surface area (Å²) in [5, 5.41) is 0. The highest BCUT2D eigenvalue weighted by atomic mass is 16.5. The molecule has 0 saturated carbocycles. The van der Waals surface area contributed by atoms with Crippen LogP contribution in [0.4, 0.5) is 0 Å². The maximum atomic E-state index is 5.22. The molecule has 0 fully saturated rings. The van der Waals surface area contributed by atoms with Gasteiger partial charge in [-0.3, -0.25) is 0 Å². The van der Waals surface area contributed by atoms with Crippen molar-refractivity contribution in [3.05, 3.63) is 47.8 Å². The van der Waals surface area contributed by atoms with Crippen LogP contribution >= 0.6 is 0 Å². The number of rotatable bonds is 5. The third kappa shape index (κ3) is 4.70. The molecule has 0 saturated heterocycles. The van der Waals surface area contributed by atoms with Crippen LogP contribution in [0.3, 0.4) is 0 Å². The molecule has 0 unspecified atom stereocenters. The molecule has 0 aliphatic heterocycles. The zero-order valence-corrected chi connectivity index (χ0v) is 9.63. The van der Waals surface area contributed by atoms with Crippen LogP contribution < -0.4 is 0 Å². The molecule has 0 atom stereocenters. The van der Waals surface area contributed by atoms with Gasteiger partial charge in [0.15, 0.2) is 0 Å². The number of allylic oxidation sites excluding steroid dienone is 6. The summed E-state index contributed by atoms with van der Waals surface area (Å²) >= 11 is 0. The Labute approximate surface area is 87.5 Å². The van der Waals surface area contributed by atoms with Gasteiger partial charge in [0, 0.05) is 0 Å². The third-order valence-electron chi connectivity index (χ3n) is 1.98. The maximum Gasteiger partial charge on any atom is 0.112 e. The molecular formula is C13H20O. The van der Waals surface area contributed by atoms with Crippen molar-refractivity contribution in [2.24, 2.45) is 0 Å². The molecule has 0 aromatic rings. The van der Waals surface area contributed by atoms with E-state index in [9.17, 15) is 0 Å². The van der Waals surface area contributed by atoms with Crippen molar-refractivity contribution < 1.29 is 4.74 Å². The summed E-state index contributed by atoms with van der Waals surface area (Å²) in [7, 11) is 0. The summed E-state index contributed by atoms with van der Waals surface area (Å²) in [4.78, 5) is 0. The summed E-state index contributed by atoms with van der Waals surface area (Å²) in [5.74, 6) is 0.704. The molecule has 0 amide bonds. The predicted molar refractivity (Wildman–Crippen MR) is 63.1 cm³/mol. The highest BCUT2D eigenvalue weighted by Gasteiger charge is 1.92. The van der Waals surface area contributed by atoms with Crippen LogP contribution in [0.2, 0.25) is 0 Å². The topological polar surface area (TPSA) is 9.23 Å². The molecule has 0 N–H and O–H groups in total. The monoisotopic (exact) mass is 192 g/mol. The van der Waals surface area contributed by atoms with Gasteiger partial charge in [-0.1, -0.05) is 24.8 Å². The average Bonchev–Trinajstić information content (AvgIpc) is 2.18. The van der Waals surface area contributed by atoms with Crippen LogP contribution in [-0.4, -0.2) is 6.61 Å². The second-order valence-electron chi connectivity index (χ2n) is 2.95. The Bertz CT molecular complexity index is 267. The lowest BCUT2D eigenvalue weighted by Crippen LogP contribution is -1.86. The van der Waals surface area contributed by atoms with Crippen molar-refractivity contribution in [2.45, 2.75) is 27.7 Å². The molecule has 0 heterocycles. The highest BCUT2D eigenvalue weighted by molar-refractivity contribution is 5.39. The normalized spacial score (nSPS) is 13.4. The van der Waals surface area contributed by atoms with E-state index in [1.54, 1.807) is 0 Å². The minimum atomic E-state index is 0.664. The van der Waals surface area contributed by atoms with Crippen LogP contribution in [0.1, 0.15) is 27.7 Å². The van der Waals surface area contributed by atoms with Gasteiger partial charge >= 0.3 is 0 Å². The first kappa shape index (κ1) is 12.8. The van der Waals surface area contributed by atoms with Crippen LogP contribution in [0.5, 0.6) is 0 Å². The molecule has 0 spiro atoms. The lowest BCUT2D eigenvalue weighted by atomic mass is 10.1. The lowest BCUT2D eigenvalue weighted by molar-refractivity contribution is 0.244. The van der Waals surface area contributed by atoms with Crippen molar-refractivity contribution in [1.82, 2.24) is 0 Å². The van der Waals surface area contributed by atoms with Gasteiger partial charge in [0.1, 0.15) is 5.76 Å². The Hall–Kier alpha value is -1.24. The zero-order chi connectivity index (χ0) is 11.0. The number of ether oxygens (including phenoxy) is 1. The van der Waals surface area contributed by atoms with Gasteiger partial charge in [0.05, 0.1) is 6.61 Å². The fraction of sp³-hybridized carbons (Fsp3) is 0.385. The van der Waals surface area contributed by atoms with Crippen LogP contribution in [0, 0.1) is 0 Å². The molecule has 14 heavy (non-hydrogen) atoms. The molecule has 0 aliphatic carbocycles. The summed E-state index contributed by atoms with van der Waals surface area (Å²) in [5.41, 5.74) is 2.46. The van der Waals surface area contributed by atoms with E-state index in [1.165, 1.54) is 11.1 Å². The summed E-state index contributed by atoms with van der Waals surface area (Å²) in [6, 6.07) is 0. The second-order valence-corrected chi connectivity index (χ2v) is 2.95. The Morgan fingerprint density at radius 2 is 1.86 bits per heavy atom. The van der Waals surface area contributed by atoms with E-state index in [-0.39, 0.29) is 0 Å². The predicted octanol–water partition coefficient (Wildman–Crippen LogP) is 4.01. The first-order valence-electron chi connectivity index (χ1n) is 4.95. The van der Waals surface area contributed by atoms with Crippen molar-refractivity contribution >= 4 is 0 Å². The Balaban J connectivity index is 4.41. The van der Waals surface area contributed by atoms with Gasteiger partial charge in [0.25, 0.3) is 0 Å². The van der Waals surface area contributed by atoms with Crippen LogP contribution in [0.15, 0.2) is 47.8 Å². The molecule has 1 nitrogen and oxygen atoms in total. The Kier molecular flexibility index (Phi) is 6.55. The minimum Gasteiger partial charge on any atom is -0.495 e. The Morgan fingerprint density at radius 1 is 1.21 bits per heavy atom. The summed E-state index contributed by atoms with van der Waals surface area (Å²) < 4.78 is 5.22. The molecule has 0 bridgehead atoms. The van der Waals surface area contributed by atoms with Crippen molar-refractivity contribution in [3.8, 4) is 0 Å². The SMILES string of the molecule is C=C(\C=C/C(=C\C)C(/C)=C/C)OCC. The summed E-state index contributed by atoms with van der Waals surface area (Å²) in [6.45, 7) is 12.5. The molecule has 0 rings (SSSR count). The molecule has 0 radical (unpaired) electrons. The lowest BCUT2D eigenvalue weighted by Gasteiger charge is -2.03. The van der Waals surface area contributed by atoms with Crippen molar-refractivity contribution in [2.75, 3.05) is 6.61 Å². The molecule has 0 aromatic carbocycles. The Morgan fingerprint density at radius 3 is 2.29 bits per heavy atom. The van der Waals surface area contributed by atoms with Gasteiger partial charge in [-0.25, -0.2) is 0 Å². The molecule has 0 aliphatic rings. The van der Waals surface area contributed by atoms with E-state index in [4.69, 9.17) is 4.74 Å². The average molecular weight is 192 g/mol.